The minimum atomic E-state index is -3.52. The highest BCUT2D eigenvalue weighted by Gasteiger charge is 2.31. The number of nitrogens with zero attached hydrogens (tertiary/aromatic N) is 1. The highest BCUT2D eigenvalue weighted by molar-refractivity contribution is 7.89. The monoisotopic (exact) mass is 362 g/mol. The molecule has 0 saturated carbocycles. The molecule has 0 bridgehead atoms. The Morgan fingerprint density at radius 1 is 1.20 bits per heavy atom. The summed E-state index contributed by atoms with van der Waals surface area (Å²) in [5.41, 5.74) is 0. The van der Waals surface area contributed by atoms with Gasteiger partial charge in [-0.25, -0.2) is 8.42 Å². The Balaban J connectivity index is 2.01. The molecule has 2 aromatic carbocycles. The predicted molar refractivity (Wildman–Crippen MR) is 101 cm³/mol. The van der Waals surface area contributed by atoms with Gasteiger partial charge in [0.05, 0.1) is 11.5 Å². The molecule has 1 aliphatic heterocycles. The van der Waals surface area contributed by atoms with Crippen LogP contribution >= 0.6 is 0 Å². The summed E-state index contributed by atoms with van der Waals surface area (Å²) >= 11 is 0. The molecule has 1 N–H and O–H groups in total. The van der Waals surface area contributed by atoms with E-state index in [2.05, 4.69) is 5.32 Å². The van der Waals surface area contributed by atoms with Crippen molar-refractivity contribution in [1.29, 1.82) is 0 Å². The van der Waals surface area contributed by atoms with E-state index in [9.17, 15) is 8.42 Å². The van der Waals surface area contributed by atoms with Gasteiger partial charge in [0, 0.05) is 23.9 Å². The topological polar surface area (TPSA) is 58.6 Å². The lowest BCUT2D eigenvalue weighted by molar-refractivity contribution is 0.263. The summed E-state index contributed by atoms with van der Waals surface area (Å²) < 4.78 is 33.9. The molecule has 136 valence electrons. The maximum absolute atomic E-state index is 13.3. The molecular formula is C19H26N2O3S. The van der Waals surface area contributed by atoms with Gasteiger partial charge in [-0.1, -0.05) is 24.3 Å². The van der Waals surface area contributed by atoms with Gasteiger partial charge < -0.3 is 10.1 Å². The Kier molecular flexibility index (Phi) is 5.61. The lowest BCUT2D eigenvalue weighted by Gasteiger charge is -2.32. The summed E-state index contributed by atoms with van der Waals surface area (Å²) in [5.74, 6) is 1.09. The van der Waals surface area contributed by atoms with Gasteiger partial charge in [0.2, 0.25) is 10.0 Å². The molecule has 1 heterocycles. The van der Waals surface area contributed by atoms with Crippen LogP contribution in [0.2, 0.25) is 0 Å². The highest BCUT2D eigenvalue weighted by atomic mass is 32.2. The molecule has 0 aliphatic carbocycles. The third-order valence-corrected chi connectivity index (χ3v) is 6.66. The lowest BCUT2D eigenvalue weighted by Crippen LogP contribution is -2.42. The van der Waals surface area contributed by atoms with Crippen molar-refractivity contribution < 1.29 is 13.2 Å². The number of nitrogens with one attached hydrogen (secondary N) is 1. The second-order valence-corrected chi connectivity index (χ2v) is 8.38. The second-order valence-electron chi connectivity index (χ2n) is 6.47. The van der Waals surface area contributed by atoms with Crippen LogP contribution in [-0.2, 0) is 10.0 Å². The van der Waals surface area contributed by atoms with Crippen molar-refractivity contribution in [3.8, 4) is 5.75 Å². The minimum Gasteiger partial charge on any atom is -0.493 e. The molecule has 5 nitrogen and oxygen atoms in total. The van der Waals surface area contributed by atoms with Gasteiger partial charge in [-0.15, -0.1) is 0 Å². The zero-order valence-corrected chi connectivity index (χ0v) is 15.7. The van der Waals surface area contributed by atoms with Gasteiger partial charge in [-0.05, 0) is 51.4 Å². The molecule has 1 atom stereocenters. The number of hydrogen-bond acceptors (Lipinski definition) is 4. The highest BCUT2D eigenvalue weighted by Crippen LogP contribution is 2.33. The summed E-state index contributed by atoms with van der Waals surface area (Å²) in [4.78, 5) is 0.372. The fourth-order valence-corrected chi connectivity index (χ4v) is 5.34. The van der Waals surface area contributed by atoms with Crippen LogP contribution in [-0.4, -0.2) is 46.0 Å². The average Bonchev–Trinajstić information content (AvgIpc) is 2.62. The average molecular weight is 362 g/mol. The van der Waals surface area contributed by atoms with Gasteiger partial charge in [0.15, 0.2) is 0 Å². The van der Waals surface area contributed by atoms with Crippen molar-refractivity contribution in [2.75, 3.05) is 33.3 Å². The first kappa shape index (κ1) is 18.2. The number of benzene rings is 2. The largest absolute Gasteiger partial charge is 0.493 e. The number of hydrogen-bond donors (Lipinski definition) is 1. The molecule has 0 amide bonds. The minimum absolute atomic E-state index is 0.363. The summed E-state index contributed by atoms with van der Waals surface area (Å²) in [7, 11) is -1.61. The summed E-state index contributed by atoms with van der Waals surface area (Å²) in [6.07, 6.45) is 1.97. The molecule has 25 heavy (non-hydrogen) atoms. The van der Waals surface area contributed by atoms with Gasteiger partial charge >= 0.3 is 0 Å². The van der Waals surface area contributed by atoms with Crippen molar-refractivity contribution in [2.24, 2.45) is 5.92 Å². The first-order valence-corrected chi connectivity index (χ1v) is 10.3. The van der Waals surface area contributed by atoms with Crippen LogP contribution in [0.25, 0.3) is 10.8 Å². The first-order valence-electron chi connectivity index (χ1n) is 8.87. The molecule has 0 spiro atoms. The van der Waals surface area contributed by atoms with E-state index < -0.39 is 10.0 Å². The normalized spacial score (nSPS) is 19.2. The Morgan fingerprint density at radius 2 is 1.96 bits per heavy atom. The van der Waals surface area contributed by atoms with Crippen LogP contribution in [0.1, 0.15) is 19.8 Å². The lowest BCUT2D eigenvalue weighted by atomic mass is 10.00. The smallest absolute Gasteiger partial charge is 0.243 e. The number of fused-ring (bicyclic) bond motifs is 1. The number of sulfonamides is 1. The molecular weight excluding hydrogens is 336 g/mol. The fourth-order valence-electron chi connectivity index (χ4n) is 3.59. The van der Waals surface area contributed by atoms with Gasteiger partial charge in [0.1, 0.15) is 5.75 Å². The molecule has 1 saturated heterocycles. The molecule has 0 aromatic heterocycles. The van der Waals surface area contributed by atoms with E-state index in [-0.39, 0.29) is 0 Å². The quantitative estimate of drug-likeness (QED) is 0.858. The number of rotatable bonds is 6. The van der Waals surface area contributed by atoms with E-state index >= 15 is 0 Å². The summed E-state index contributed by atoms with van der Waals surface area (Å²) in [6.45, 7) is 4.48. The Labute approximate surface area is 150 Å². The van der Waals surface area contributed by atoms with E-state index in [1.54, 1.807) is 16.4 Å². The van der Waals surface area contributed by atoms with E-state index in [1.807, 2.05) is 38.2 Å². The predicted octanol–water partition coefficient (Wildman–Crippen LogP) is 2.86. The second kappa shape index (κ2) is 7.72. The Bertz CT molecular complexity index is 834. The Hall–Kier alpha value is -1.63. The zero-order valence-electron chi connectivity index (χ0n) is 14.9. The first-order chi connectivity index (χ1) is 12.1. The van der Waals surface area contributed by atoms with Crippen LogP contribution in [0.5, 0.6) is 5.75 Å². The van der Waals surface area contributed by atoms with Crippen LogP contribution < -0.4 is 10.1 Å². The third kappa shape index (κ3) is 3.66. The van der Waals surface area contributed by atoms with Crippen molar-refractivity contribution >= 4 is 20.8 Å². The molecule has 6 heteroatoms. The third-order valence-electron chi connectivity index (χ3n) is 4.74. The van der Waals surface area contributed by atoms with Crippen LogP contribution in [0.3, 0.4) is 0 Å². The molecule has 1 unspecified atom stereocenters. The molecule has 3 rings (SSSR count). The standard InChI is InChI=1S/C19H26N2O3S/c1-3-24-18-10-11-19(17-9-5-4-8-16(17)18)25(22,23)21-12-6-7-15(14-21)13-20-2/h4-5,8-11,15,20H,3,6-7,12-14H2,1-2H3. The SMILES string of the molecule is CCOc1ccc(S(=O)(=O)N2CCCC(CNC)C2)c2ccccc12. The molecule has 1 fully saturated rings. The number of piperidine rings is 1. The molecule has 0 radical (unpaired) electrons. The molecule has 1 aliphatic rings. The van der Waals surface area contributed by atoms with Crippen molar-refractivity contribution in [3.63, 3.8) is 0 Å². The van der Waals surface area contributed by atoms with Crippen molar-refractivity contribution in [2.45, 2.75) is 24.7 Å². The van der Waals surface area contributed by atoms with E-state index in [0.29, 0.717) is 30.5 Å². The van der Waals surface area contributed by atoms with Gasteiger partial charge in [0.25, 0.3) is 0 Å². The van der Waals surface area contributed by atoms with E-state index in [0.717, 1.165) is 35.9 Å². The van der Waals surface area contributed by atoms with Crippen molar-refractivity contribution in [1.82, 2.24) is 9.62 Å². The van der Waals surface area contributed by atoms with E-state index in [4.69, 9.17) is 4.74 Å². The Morgan fingerprint density at radius 3 is 2.68 bits per heavy atom. The zero-order chi connectivity index (χ0) is 17.9. The number of ether oxygens (including phenoxy) is 1. The van der Waals surface area contributed by atoms with Crippen LogP contribution in [0, 0.1) is 5.92 Å². The van der Waals surface area contributed by atoms with Crippen LogP contribution in [0.15, 0.2) is 41.3 Å². The van der Waals surface area contributed by atoms with Gasteiger partial charge in [-0.2, -0.15) is 4.31 Å². The van der Waals surface area contributed by atoms with Gasteiger partial charge in [-0.3, -0.25) is 0 Å². The summed E-state index contributed by atoms with van der Waals surface area (Å²) in [6, 6.07) is 11.0. The van der Waals surface area contributed by atoms with E-state index in [1.165, 1.54) is 0 Å². The maximum Gasteiger partial charge on any atom is 0.243 e. The van der Waals surface area contributed by atoms with Crippen molar-refractivity contribution in [3.05, 3.63) is 36.4 Å². The fraction of sp³-hybridized carbons (Fsp3) is 0.474. The molecule has 2 aromatic rings. The van der Waals surface area contributed by atoms with Crippen LogP contribution in [0.4, 0.5) is 0 Å². The summed E-state index contributed by atoms with van der Waals surface area (Å²) in [5, 5.41) is 4.73. The maximum atomic E-state index is 13.3.